The molecular weight excluding hydrogens is 240 g/mol. The molecular formula is C14H24N4O. The van der Waals surface area contributed by atoms with E-state index < -0.39 is 0 Å². The van der Waals surface area contributed by atoms with Crippen molar-refractivity contribution in [3.05, 3.63) is 24.0 Å². The van der Waals surface area contributed by atoms with E-state index in [2.05, 4.69) is 16.8 Å². The summed E-state index contributed by atoms with van der Waals surface area (Å²) in [7, 11) is 0. The Labute approximate surface area is 114 Å². The zero-order valence-corrected chi connectivity index (χ0v) is 11.6. The fourth-order valence-electron chi connectivity index (χ4n) is 2.50. The van der Waals surface area contributed by atoms with Crippen LogP contribution in [0.3, 0.4) is 0 Å². The highest BCUT2D eigenvalue weighted by Gasteiger charge is 2.25. The third-order valence-electron chi connectivity index (χ3n) is 3.59. The number of morpholine rings is 1. The van der Waals surface area contributed by atoms with Gasteiger partial charge in [0.2, 0.25) is 0 Å². The molecule has 0 amide bonds. The topological polar surface area (TPSA) is 77.4 Å². The molecule has 0 aromatic carbocycles. The zero-order valence-electron chi connectivity index (χ0n) is 11.6. The molecule has 1 aromatic rings. The van der Waals surface area contributed by atoms with E-state index in [0.717, 1.165) is 43.9 Å². The number of pyridine rings is 1. The molecule has 2 unspecified atom stereocenters. The number of rotatable bonds is 5. The highest BCUT2D eigenvalue weighted by Crippen LogP contribution is 2.15. The van der Waals surface area contributed by atoms with E-state index in [4.69, 9.17) is 16.2 Å². The number of nitrogen functional groups attached to an aromatic ring is 1. The van der Waals surface area contributed by atoms with E-state index in [-0.39, 0.29) is 12.1 Å². The van der Waals surface area contributed by atoms with Gasteiger partial charge in [-0.1, -0.05) is 6.92 Å². The Morgan fingerprint density at radius 2 is 2.42 bits per heavy atom. The molecule has 0 radical (unpaired) electrons. The van der Waals surface area contributed by atoms with Gasteiger partial charge in [-0.25, -0.2) is 0 Å². The molecule has 1 aliphatic rings. The van der Waals surface area contributed by atoms with Crippen LogP contribution < -0.4 is 11.5 Å². The van der Waals surface area contributed by atoms with Crippen molar-refractivity contribution in [2.75, 3.05) is 32.0 Å². The summed E-state index contributed by atoms with van der Waals surface area (Å²) >= 11 is 0. The lowest BCUT2D eigenvalue weighted by Gasteiger charge is -2.35. The van der Waals surface area contributed by atoms with Crippen molar-refractivity contribution in [2.45, 2.75) is 31.9 Å². The summed E-state index contributed by atoms with van der Waals surface area (Å²) in [5.74, 6) is 0. The Morgan fingerprint density at radius 1 is 1.58 bits per heavy atom. The predicted molar refractivity (Wildman–Crippen MR) is 76.8 cm³/mol. The minimum Gasteiger partial charge on any atom is -0.398 e. The number of hydrogen-bond acceptors (Lipinski definition) is 5. The lowest BCUT2D eigenvalue weighted by molar-refractivity contribution is -0.0400. The van der Waals surface area contributed by atoms with Gasteiger partial charge in [-0.2, -0.15) is 0 Å². The van der Waals surface area contributed by atoms with Crippen molar-refractivity contribution in [1.29, 1.82) is 0 Å². The molecule has 1 aromatic heterocycles. The SMILES string of the molecule is CCCN1CCOC(C(N)Cc2cnccc2N)C1. The van der Waals surface area contributed by atoms with Gasteiger partial charge in [-0.3, -0.25) is 9.88 Å². The summed E-state index contributed by atoms with van der Waals surface area (Å²) in [6.07, 6.45) is 5.45. The smallest absolute Gasteiger partial charge is 0.0856 e. The Balaban J connectivity index is 1.92. The average molecular weight is 264 g/mol. The van der Waals surface area contributed by atoms with Crippen molar-refractivity contribution in [1.82, 2.24) is 9.88 Å². The third kappa shape index (κ3) is 3.89. The van der Waals surface area contributed by atoms with Gasteiger partial charge in [0.1, 0.15) is 0 Å². The van der Waals surface area contributed by atoms with E-state index in [1.807, 2.05) is 6.07 Å². The van der Waals surface area contributed by atoms with Crippen LogP contribution in [-0.4, -0.2) is 48.3 Å². The van der Waals surface area contributed by atoms with Crippen LogP contribution in [0.1, 0.15) is 18.9 Å². The molecule has 2 atom stereocenters. The number of nitrogens with zero attached hydrogens (tertiary/aromatic N) is 2. The van der Waals surface area contributed by atoms with Crippen LogP contribution in [0.5, 0.6) is 0 Å². The van der Waals surface area contributed by atoms with Crippen LogP contribution in [0.15, 0.2) is 18.5 Å². The van der Waals surface area contributed by atoms with Crippen molar-refractivity contribution in [3.63, 3.8) is 0 Å². The van der Waals surface area contributed by atoms with Gasteiger partial charge in [0.25, 0.3) is 0 Å². The zero-order chi connectivity index (χ0) is 13.7. The second-order valence-corrected chi connectivity index (χ2v) is 5.15. The van der Waals surface area contributed by atoms with Crippen LogP contribution >= 0.6 is 0 Å². The van der Waals surface area contributed by atoms with Crippen LogP contribution in [-0.2, 0) is 11.2 Å². The molecule has 0 bridgehead atoms. The highest BCUT2D eigenvalue weighted by molar-refractivity contribution is 5.44. The minimum absolute atomic E-state index is 0.0360. The monoisotopic (exact) mass is 264 g/mol. The summed E-state index contributed by atoms with van der Waals surface area (Å²) in [5.41, 5.74) is 14.0. The van der Waals surface area contributed by atoms with Gasteiger partial charge in [0.05, 0.1) is 12.7 Å². The van der Waals surface area contributed by atoms with Gasteiger partial charge in [-0.15, -0.1) is 0 Å². The van der Waals surface area contributed by atoms with Crippen LogP contribution in [0, 0.1) is 0 Å². The first-order chi connectivity index (χ1) is 9.20. The molecule has 5 nitrogen and oxygen atoms in total. The molecule has 1 fully saturated rings. The van der Waals surface area contributed by atoms with Crippen LogP contribution in [0.2, 0.25) is 0 Å². The van der Waals surface area contributed by atoms with Gasteiger partial charge in [0.15, 0.2) is 0 Å². The molecule has 2 rings (SSSR count). The van der Waals surface area contributed by atoms with E-state index in [1.54, 1.807) is 12.4 Å². The van der Waals surface area contributed by atoms with Crippen molar-refractivity contribution in [2.24, 2.45) is 5.73 Å². The Kier molecular flexibility index (Phi) is 5.13. The standard InChI is InChI=1S/C14H24N4O/c1-2-5-18-6-7-19-14(10-18)13(16)8-11-9-17-4-3-12(11)15/h3-4,9,13-14H,2,5-8,10,16H2,1H3,(H2,15,17). The molecule has 2 heterocycles. The summed E-state index contributed by atoms with van der Waals surface area (Å²) in [5, 5.41) is 0. The maximum Gasteiger partial charge on any atom is 0.0856 e. The summed E-state index contributed by atoms with van der Waals surface area (Å²) in [6, 6.07) is 1.78. The highest BCUT2D eigenvalue weighted by atomic mass is 16.5. The van der Waals surface area contributed by atoms with Crippen LogP contribution in [0.4, 0.5) is 5.69 Å². The average Bonchev–Trinajstić information content (AvgIpc) is 2.42. The van der Waals surface area contributed by atoms with Gasteiger partial charge in [0, 0.05) is 37.2 Å². The number of ether oxygens (including phenoxy) is 1. The first-order valence-corrected chi connectivity index (χ1v) is 6.98. The molecule has 19 heavy (non-hydrogen) atoms. The molecule has 0 aliphatic carbocycles. The Hall–Kier alpha value is -1.17. The number of aromatic nitrogens is 1. The maximum atomic E-state index is 6.27. The van der Waals surface area contributed by atoms with Gasteiger partial charge >= 0.3 is 0 Å². The van der Waals surface area contributed by atoms with Crippen molar-refractivity contribution >= 4 is 5.69 Å². The number of nitrogens with two attached hydrogens (primary N) is 2. The minimum atomic E-state index is -0.0360. The summed E-state index contributed by atoms with van der Waals surface area (Å²) in [4.78, 5) is 6.52. The molecule has 0 spiro atoms. The third-order valence-corrected chi connectivity index (χ3v) is 3.59. The van der Waals surface area contributed by atoms with Crippen LogP contribution in [0.25, 0.3) is 0 Å². The molecule has 1 aliphatic heterocycles. The van der Waals surface area contributed by atoms with E-state index in [9.17, 15) is 0 Å². The summed E-state index contributed by atoms with van der Waals surface area (Å²) < 4.78 is 5.80. The largest absolute Gasteiger partial charge is 0.398 e. The summed E-state index contributed by atoms with van der Waals surface area (Å²) in [6.45, 7) is 5.99. The second kappa shape index (κ2) is 6.84. The van der Waals surface area contributed by atoms with Gasteiger partial charge in [-0.05, 0) is 31.0 Å². The Bertz CT molecular complexity index is 397. The van der Waals surface area contributed by atoms with Gasteiger partial charge < -0.3 is 16.2 Å². The maximum absolute atomic E-state index is 6.27. The first kappa shape index (κ1) is 14.2. The fraction of sp³-hybridized carbons (Fsp3) is 0.643. The number of hydrogen-bond donors (Lipinski definition) is 2. The molecule has 5 heteroatoms. The second-order valence-electron chi connectivity index (χ2n) is 5.15. The molecule has 0 saturated carbocycles. The van der Waals surface area contributed by atoms with Crippen molar-refractivity contribution < 1.29 is 4.74 Å². The molecule has 1 saturated heterocycles. The normalized spacial score (nSPS) is 22.3. The Morgan fingerprint density at radius 3 is 3.16 bits per heavy atom. The number of anilines is 1. The van der Waals surface area contributed by atoms with E-state index >= 15 is 0 Å². The predicted octanol–water partition coefficient (Wildman–Crippen LogP) is 0.644. The fourth-order valence-corrected chi connectivity index (χ4v) is 2.50. The van der Waals surface area contributed by atoms with Crippen molar-refractivity contribution in [3.8, 4) is 0 Å². The molecule has 106 valence electrons. The lowest BCUT2D eigenvalue weighted by Crippen LogP contribution is -2.51. The lowest BCUT2D eigenvalue weighted by atomic mass is 10.0. The first-order valence-electron chi connectivity index (χ1n) is 6.98. The van der Waals surface area contributed by atoms with E-state index in [0.29, 0.717) is 6.42 Å². The molecule has 4 N–H and O–H groups in total. The quantitative estimate of drug-likeness (QED) is 0.816. The van der Waals surface area contributed by atoms with E-state index in [1.165, 1.54) is 0 Å².